The van der Waals surface area contributed by atoms with Gasteiger partial charge in [0.05, 0.1) is 19.3 Å². The highest BCUT2D eigenvalue weighted by atomic mass is 16.6. The highest BCUT2D eigenvalue weighted by Crippen LogP contribution is 2.43. The van der Waals surface area contributed by atoms with Crippen molar-refractivity contribution in [2.24, 2.45) is 11.3 Å². The summed E-state index contributed by atoms with van der Waals surface area (Å²) < 4.78 is 9.88. The molecule has 0 amide bonds. The van der Waals surface area contributed by atoms with Gasteiger partial charge in [0, 0.05) is 6.42 Å². The highest BCUT2D eigenvalue weighted by molar-refractivity contribution is 6.00. The first-order valence-electron chi connectivity index (χ1n) is 6.00. The minimum atomic E-state index is -1.31. The van der Waals surface area contributed by atoms with Gasteiger partial charge in [-0.2, -0.15) is 0 Å². The van der Waals surface area contributed by atoms with Crippen molar-refractivity contribution >= 4 is 11.9 Å². The maximum atomic E-state index is 11.9. The van der Waals surface area contributed by atoms with Crippen molar-refractivity contribution in [1.29, 1.82) is 0 Å². The van der Waals surface area contributed by atoms with Crippen LogP contribution in [0.4, 0.5) is 0 Å². The molecule has 1 fully saturated rings. The number of hydrogen-bond acceptors (Lipinski definition) is 5. The number of aliphatic hydroxyl groups is 1. The predicted molar refractivity (Wildman–Crippen MR) is 60.1 cm³/mol. The summed E-state index contributed by atoms with van der Waals surface area (Å²) in [7, 11) is 0. The Kier molecular flexibility index (Phi) is 4.51. The average Bonchev–Trinajstić information content (AvgIpc) is 2.57. The summed E-state index contributed by atoms with van der Waals surface area (Å²) in [6, 6.07) is 0. The van der Waals surface area contributed by atoms with Crippen molar-refractivity contribution in [3.63, 3.8) is 0 Å². The Balaban J connectivity index is 2.94. The monoisotopic (exact) mass is 244 g/mol. The molecule has 5 heteroatoms. The molecule has 1 aliphatic carbocycles. The van der Waals surface area contributed by atoms with Gasteiger partial charge in [0.25, 0.3) is 0 Å². The molecule has 0 heterocycles. The van der Waals surface area contributed by atoms with Crippen LogP contribution in [0.25, 0.3) is 0 Å². The summed E-state index contributed by atoms with van der Waals surface area (Å²) in [4.78, 5) is 23.9. The van der Waals surface area contributed by atoms with E-state index in [9.17, 15) is 14.7 Å². The molecule has 0 aromatic heterocycles. The molecule has 1 saturated carbocycles. The summed E-state index contributed by atoms with van der Waals surface area (Å²) in [5.74, 6) is -1.27. The van der Waals surface area contributed by atoms with Crippen LogP contribution < -0.4 is 0 Å². The van der Waals surface area contributed by atoms with Crippen LogP contribution in [0.2, 0.25) is 0 Å². The first-order chi connectivity index (χ1) is 7.97. The molecular formula is C12H20O5. The van der Waals surface area contributed by atoms with Crippen LogP contribution in [0.5, 0.6) is 0 Å². The summed E-state index contributed by atoms with van der Waals surface area (Å²) in [6.45, 7) is 5.61. The third-order valence-electron chi connectivity index (χ3n) is 3.22. The number of carbonyl (C=O) groups is 2. The number of rotatable bonds is 4. The molecule has 0 unspecified atom stereocenters. The summed E-state index contributed by atoms with van der Waals surface area (Å²) in [5.41, 5.74) is -1.31. The fourth-order valence-corrected chi connectivity index (χ4v) is 2.28. The topological polar surface area (TPSA) is 72.8 Å². The average molecular weight is 244 g/mol. The van der Waals surface area contributed by atoms with Crippen LogP contribution in [0.3, 0.4) is 0 Å². The maximum Gasteiger partial charge on any atom is 0.323 e. The largest absolute Gasteiger partial charge is 0.465 e. The molecule has 0 aromatic rings. The van der Waals surface area contributed by atoms with Gasteiger partial charge in [-0.3, -0.25) is 9.59 Å². The van der Waals surface area contributed by atoms with E-state index in [1.165, 1.54) is 0 Å². The van der Waals surface area contributed by atoms with Crippen molar-refractivity contribution in [3.8, 4) is 0 Å². The Hall–Kier alpha value is -1.10. The molecule has 2 atom stereocenters. The van der Waals surface area contributed by atoms with Crippen LogP contribution in [0.1, 0.15) is 33.6 Å². The lowest BCUT2D eigenvalue weighted by Gasteiger charge is -2.24. The van der Waals surface area contributed by atoms with Gasteiger partial charge < -0.3 is 14.6 Å². The minimum Gasteiger partial charge on any atom is -0.465 e. The molecule has 0 aliphatic heterocycles. The van der Waals surface area contributed by atoms with E-state index < -0.39 is 23.5 Å². The van der Waals surface area contributed by atoms with E-state index in [4.69, 9.17) is 9.47 Å². The number of ether oxygens (including phenoxy) is 2. The molecule has 0 aromatic carbocycles. The molecule has 0 radical (unpaired) electrons. The number of carbonyl (C=O) groups excluding carboxylic acids is 2. The van der Waals surface area contributed by atoms with E-state index in [-0.39, 0.29) is 32.0 Å². The predicted octanol–water partition coefficient (Wildman–Crippen LogP) is 0.890. The van der Waals surface area contributed by atoms with Crippen LogP contribution >= 0.6 is 0 Å². The molecule has 98 valence electrons. The second kappa shape index (κ2) is 5.49. The zero-order valence-corrected chi connectivity index (χ0v) is 10.6. The highest BCUT2D eigenvalue weighted by Gasteiger charge is 2.56. The van der Waals surface area contributed by atoms with Gasteiger partial charge in [-0.25, -0.2) is 0 Å². The van der Waals surface area contributed by atoms with Gasteiger partial charge in [-0.15, -0.1) is 0 Å². The first-order valence-corrected chi connectivity index (χ1v) is 6.00. The van der Waals surface area contributed by atoms with Crippen LogP contribution in [0, 0.1) is 11.3 Å². The Morgan fingerprint density at radius 1 is 1.18 bits per heavy atom. The standard InChI is InChI=1S/C12H20O5/c1-4-16-10(14)12(11(15)17-5-2)6-8(3)9(13)7-12/h8-9,13H,4-7H2,1-3H3/t8-,9-/m0/s1. The summed E-state index contributed by atoms with van der Waals surface area (Å²) in [5, 5.41) is 9.75. The van der Waals surface area contributed by atoms with E-state index in [1.807, 2.05) is 6.92 Å². The number of aliphatic hydroxyl groups excluding tert-OH is 1. The van der Waals surface area contributed by atoms with Crippen molar-refractivity contribution in [3.05, 3.63) is 0 Å². The molecule has 0 bridgehead atoms. The molecule has 1 rings (SSSR count). The summed E-state index contributed by atoms with van der Waals surface area (Å²) >= 11 is 0. The Morgan fingerprint density at radius 3 is 1.94 bits per heavy atom. The molecule has 1 N–H and O–H groups in total. The Morgan fingerprint density at radius 2 is 1.65 bits per heavy atom. The lowest BCUT2D eigenvalue weighted by atomic mass is 9.85. The van der Waals surface area contributed by atoms with Crippen LogP contribution in [-0.4, -0.2) is 36.4 Å². The minimum absolute atomic E-state index is 0.0891. The van der Waals surface area contributed by atoms with Crippen molar-refractivity contribution in [1.82, 2.24) is 0 Å². The second-order valence-electron chi connectivity index (χ2n) is 4.48. The molecule has 1 aliphatic rings. The van der Waals surface area contributed by atoms with E-state index >= 15 is 0 Å². The molecule has 0 spiro atoms. The molecule has 5 nitrogen and oxygen atoms in total. The SMILES string of the molecule is CCOC(=O)C1(C(=O)OCC)C[C@H](C)[C@@H](O)C1. The van der Waals surface area contributed by atoms with Gasteiger partial charge in [0.1, 0.15) is 0 Å². The zero-order valence-electron chi connectivity index (χ0n) is 10.6. The second-order valence-corrected chi connectivity index (χ2v) is 4.48. The zero-order chi connectivity index (χ0) is 13.1. The van der Waals surface area contributed by atoms with Gasteiger partial charge in [0.15, 0.2) is 5.41 Å². The quantitative estimate of drug-likeness (QED) is 0.587. The lowest BCUT2D eigenvalue weighted by molar-refractivity contribution is -0.172. The van der Waals surface area contributed by atoms with E-state index in [2.05, 4.69) is 0 Å². The van der Waals surface area contributed by atoms with Gasteiger partial charge >= 0.3 is 11.9 Å². The van der Waals surface area contributed by atoms with E-state index in [1.54, 1.807) is 13.8 Å². The van der Waals surface area contributed by atoms with Crippen LogP contribution in [-0.2, 0) is 19.1 Å². The van der Waals surface area contributed by atoms with Gasteiger partial charge in [-0.1, -0.05) is 6.92 Å². The Labute approximate surface area is 101 Å². The van der Waals surface area contributed by atoms with Gasteiger partial charge in [-0.05, 0) is 26.2 Å². The van der Waals surface area contributed by atoms with E-state index in [0.29, 0.717) is 0 Å². The number of hydrogen-bond donors (Lipinski definition) is 1. The van der Waals surface area contributed by atoms with Crippen molar-refractivity contribution in [2.45, 2.75) is 39.7 Å². The lowest BCUT2D eigenvalue weighted by Crippen LogP contribution is -2.40. The van der Waals surface area contributed by atoms with E-state index in [0.717, 1.165) is 0 Å². The third kappa shape index (κ3) is 2.60. The Bertz CT molecular complexity index is 269. The van der Waals surface area contributed by atoms with Crippen LogP contribution in [0.15, 0.2) is 0 Å². The van der Waals surface area contributed by atoms with Crippen molar-refractivity contribution < 1.29 is 24.2 Å². The molecular weight excluding hydrogens is 224 g/mol. The third-order valence-corrected chi connectivity index (χ3v) is 3.22. The summed E-state index contributed by atoms with van der Waals surface area (Å²) in [6.07, 6.45) is -0.290. The fourth-order valence-electron chi connectivity index (χ4n) is 2.28. The first kappa shape index (κ1) is 14.0. The van der Waals surface area contributed by atoms with Gasteiger partial charge in [0.2, 0.25) is 0 Å². The fraction of sp³-hybridized carbons (Fsp3) is 0.833. The molecule has 17 heavy (non-hydrogen) atoms. The number of esters is 2. The molecule has 0 saturated heterocycles. The maximum absolute atomic E-state index is 11.9. The smallest absolute Gasteiger partial charge is 0.323 e. The normalized spacial score (nSPS) is 26.6. The van der Waals surface area contributed by atoms with Crippen molar-refractivity contribution in [2.75, 3.05) is 13.2 Å².